The van der Waals surface area contributed by atoms with E-state index in [9.17, 15) is 31.2 Å². The number of benzene rings is 1. The van der Waals surface area contributed by atoms with E-state index in [1.54, 1.807) is 0 Å². The molecule has 0 aromatic heterocycles. The highest BCUT2D eigenvalue weighted by atomic mass is 19.4. The van der Waals surface area contributed by atoms with Crippen LogP contribution in [0.25, 0.3) is 0 Å². The molecular formula is C12H8F6N2O. The van der Waals surface area contributed by atoms with Crippen LogP contribution in [0.15, 0.2) is 29.6 Å². The van der Waals surface area contributed by atoms with E-state index in [4.69, 9.17) is 0 Å². The molecule has 0 saturated carbocycles. The van der Waals surface area contributed by atoms with E-state index in [2.05, 4.69) is 5.29 Å². The van der Waals surface area contributed by atoms with Gasteiger partial charge in [0, 0.05) is 0 Å². The van der Waals surface area contributed by atoms with Crippen LogP contribution in [0.4, 0.5) is 26.3 Å². The smallest absolute Gasteiger partial charge is 0.245 e. The molecule has 4 atom stereocenters. The zero-order valence-electron chi connectivity index (χ0n) is 10.2. The monoisotopic (exact) mass is 310 g/mol. The fraction of sp³-hybridized carbons (Fsp3) is 0.500. The van der Waals surface area contributed by atoms with Gasteiger partial charge in [0.1, 0.15) is 0 Å². The molecule has 3 rings (SSSR count). The lowest BCUT2D eigenvalue weighted by molar-refractivity contribution is -0.252. The summed E-state index contributed by atoms with van der Waals surface area (Å²) in [7, 11) is 0. The number of nitroso groups, excluding NO2 is 1. The molecule has 1 aromatic rings. The van der Waals surface area contributed by atoms with Crippen LogP contribution in [0, 0.1) is 16.7 Å². The van der Waals surface area contributed by atoms with E-state index in [-0.39, 0.29) is 11.1 Å². The zero-order chi connectivity index (χ0) is 15.6. The summed E-state index contributed by atoms with van der Waals surface area (Å²) < 4.78 is 78.8. The van der Waals surface area contributed by atoms with Crippen LogP contribution in [-0.4, -0.2) is 17.4 Å². The first-order chi connectivity index (χ1) is 9.68. The van der Waals surface area contributed by atoms with Crippen molar-refractivity contribution in [2.24, 2.45) is 17.1 Å². The van der Waals surface area contributed by atoms with Crippen molar-refractivity contribution in [2.45, 2.75) is 24.4 Å². The van der Waals surface area contributed by atoms with Gasteiger partial charge in [0.25, 0.3) is 0 Å². The Morgan fingerprint density at radius 3 is 1.52 bits per heavy atom. The SMILES string of the molecule is O=NN1[C@@H]2c3ccccc3[C@H]1[C@@H](C(F)(F)F)[C@H]2C(F)(F)F. The van der Waals surface area contributed by atoms with Gasteiger partial charge in [-0.25, -0.2) is 5.01 Å². The minimum atomic E-state index is -5.07. The molecule has 0 radical (unpaired) electrons. The first-order valence-corrected chi connectivity index (χ1v) is 6.01. The number of halogens is 6. The maximum Gasteiger partial charge on any atom is 0.394 e. The van der Waals surface area contributed by atoms with E-state index in [1.807, 2.05) is 0 Å². The molecule has 1 aromatic carbocycles. The van der Waals surface area contributed by atoms with Gasteiger partial charge in [-0.05, 0) is 11.1 Å². The molecule has 114 valence electrons. The highest BCUT2D eigenvalue weighted by molar-refractivity contribution is 5.42. The van der Waals surface area contributed by atoms with E-state index in [1.165, 1.54) is 24.3 Å². The maximum atomic E-state index is 13.1. The highest BCUT2D eigenvalue weighted by Crippen LogP contribution is 2.66. The van der Waals surface area contributed by atoms with Crippen LogP contribution in [0.2, 0.25) is 0 Å². The minimum Gasteiger partial charge on any atom is -0.245 e. The van der Waals surface area contributed by atoms with E-state index in [0.29, 0.717) is 5.01 Å². The van der Waals surface area contributed by atoms with Gasteiger partial charge in [-0.2, -0.15) is 26.3 Å². The lowest BCUT2D eigenvalue weighted by Gasteiger charge is -2.32. The number of hydrogen-bond donors (Lipinski definition) is 0. The van der Waals surface area contributed by atoms with E-state index in [0.717, 1.165) is 0 Å². The van der Waals surface area contributed by atoms with Crippen molar-refractivity contribution in [3.63, 3.8) is 0 Å². The molecule has 1 saturated heterocycles. The molecule has 0 spiro atoms. The van der Waals surface area contributed by atoms with Crippen LogP contribution in [0.1, 0.15) is 23.2 Å². The fourth-order valence-corrected chi connectivity index (χ4v) is 3.48. The summed E-state index contributed by atoms with van der Waals surface area (Å²) in [6, 6.07) is 2.05. The Balaban J connectivity index is 2.21. The van der Waals surface area contributed by atoms with Crippen LogP contribution in [0.5, 0.6) is 0 Å². The van der Waals surface area contributed by atoms with Crippen LogP contribution in [0.3, 0.4) is 0 Å². The molecule has 21 heavy (non-hydrogen) atoms. The Bertz CT molecular complexity index is 537. The van der Waals surface area contributed by atoms with Crippen molar-refractivity contribution in [3.8, 4) is 0 Å². The van der Waals surface area contributed by atoms with Gasteiger partial charge in [0.05, 0.1) is 29.2 Å². The van der Waals surface area contributed by atoms with Gasteiger partial charge >= 0.3 is 12.4 Å². The van der Waals surface area contributed by atoms with Gasteiger partial charge in [-0.15, -0.1) is 4.91 Å². The second-order valence-corrected chi connectivity index (χ2v) is 5.12. The van der Waals surface area contributed by atoms with Gasteiger partial charge in [0.2, 0.25) is 0 Å². The summed E-state index contributed by atoms with van der Waals surface area (Å²) >= 11 is 0. The second-order valence-electron chi connectivity index (χ2n) is 5.12. The fourth-order valence-electron chi connectivity index (χ4n) is 3.48. The second kappa shape index (κ2) is 4.11. The van der Waals surface area contributed by atoms with Gasteiger partial charge in [0.15, 0.2) is 0 Å². The summed E-state index contributed by atoms with van der Waals surface area (Å²) in [5, 5.41) is 2.84. The lowest BCUT2D eigenvalue weighted by atomic mass is 9.75. The van der Waals surface area contributed by atoms with E-state index < -0.39 is 36.3 Å². The number of alkyl halides is 6. The quantitative estimate of drug-likeness (QED) is 0.577. The van der Waals surface area contributed by atoms with Gasteiger partial charge in [-0.3, -0.25) is 0 Å². The average Bonchev–Trinajstić information content (AvgIpc) is 2.87. The molecule has 2 aliphatic rings. The molecule has 2 bridgehead atoms. The molecule has 9 heteroatoms. The molecule has 1 fully saturated rings. The topological polar surface area (TPSA) is 32.7 Å². The molecule has 2 aliphatic heterocycles. The predicted molar refractivity (Wildman–Crippen MR) is 58.6 cm³/mol. The normalized spacial score (nSPS) is 31.4. The molecule has 0 unspecified atom stereocenters. The first-order valence-electron chi connectivity index (χ1n) is 6.01. The zero-order valence-corrected chi connectivity index (χ0v) is 10.2. The Hall–Kier alpha value is -1.80. The summed E-state index contributed by atoms with van der Waals surface area (Å²) in [5.74, 6) is -5.37. The number of rotatable bonds is 1. The molecule has 0 N–H and O–H groups in total. The van der Waals surface area contributed by atoms with Gasteiger partial charge in [-0.1, -0.05) is 24.3 Å². The molecule has 0 amide bonds. The van der Waals surface area contributed by atoms with E-state index >= 15 is 0 Å². The first kappa shape index (κ1) is 14.2. The summed E-state index contributed by atoms with van der Waals surface area (Å²) in [6.45, 7) is 0. The van der Waals surface area contributed by atoms with Crippen LogP contribution < -0.4 is 0 Å². The Kier molecular flexibility index (Phi) is 2.77. The third-order valence-electron chi connectivity index (χ3n) is 4.12. The maximum absolute atomic E-state index is 13.1. The summed E-state index contributed by atoms with van der Waals surface area (Å²) in [6.07, 6.45) is -10.1. The van der Waals surface area contributed by atoms with Crippen LogP contribution >= 0.6 is 0 Å². The molecule has 2 heterocycles. The third-order valence-corrected chi connectivity index (χ3v) is 4.12. The van der Waals surface area contributed by atoms with Crippen molar-refractivity contribution < 1.29 is 26.3 Å². The molecular weight excluding hydrogens is 302 g/mol. The average molecular weight is 310 g/mol. The Morgan fingerprint density at radius 2 is 1.24 bits per heavy atom. The molecule has 3 nitrogen and oxygen atoms in total. The predicted octanol–water partition coefficient (Wildman–Crippen LogP) is 4.14. The van der Waals surface area contributed by atoms with Crippen molar-refractivity contribution in [1.29, 1.82) is 0 Å². The Labute approximate surface area is 114 Å². The number of nitrogens with zero attached hydrogens (tertiary/aromatic N) is 2. The summed E-state index contributed by atoms with van der Waals surface area (Å²) in [5.41, 5.74) is 0.176. The number of fused-ring (bicyclic) bond motifs is 5. The largest absolute Gasteiger partial charge is 0.394 e. The Morgan fingerprint density at radius 1 is 0.857 bits per heavy atom. The summed E-state index contributed by atoms with van der Waals surface area (Å²) in [4.78, 5) is 10.8. The molecule has 0 aliphatic carbocycles. The lowest BCUT2D eigenvalue weighted by Crippen LogP contribution is -2.41. The van der Waals surface area contributed by atoms with Crippen molar-refractivity contribution in [3.05, 3.63) is 40.3 Å². The minimum absolute atomic E-state index is 0.0879. The van der Waals surface area contributed by atoms with Crippen molar-refractivity contribution in [1.82, 2.24) is 5.01 Å². The van der Waals surface area contributed by atoms with Crippen molar-refractivity contribution >= 4 is 0 Å². The highest BCUT2D eigenvalue weighted by Gasteiger charge is 2.72. The van der Waals surface area contributed by atoms with Gasteiger partial charge < -0.3 is 0 Å². The van der Waals surface area contributed by atoms with Crippen LogP contribution in [-0.2, 0) is 0 Å². The van der Waals surface area contributed by atoms with Crippen molar-refractivity contribution in [2.75, 3.05) is 0 Å². The standard InChI is InChI=1S/C12H8F6N2O/c13-11(14,15)7-8(12(16,17)18)10-6-4-2-1-3-5(6)9(7)20(10)19-21/h1-4,7-10H/t7-,8+,9-,10+. The number of hydrogen-bond acceptors (Lipinski definition) is 2. The third kappa shape index (κ3) is 1.82.